The predicted octanol–water partition coefficient (Wildman–Crippen LogP) is 6.56. The molecule has 0 amide bonds. The van der Waals surface area contributed by atoms with Crippen LogP contribution in [0.25, 0.3) is 11.4 Å². The van der Waals surface area contributed by atoms with E-state index in [1.54, 1.807) is 16.8 Å². The summed E-state index contributed by atoms with van der Waals surface area (Å²) in [5.41, 5.74) is 2.79. The van der Waals surface area contributed by atoms with Gasteiger partial charge in [-0.25, -0.2) is 4.68 Å². The zero-order valence-electron chi connectivity index (χ0n) is 16.9. The van der Waals surface area contributed by atoms with Crippen molar-refractivity contribution in [3.05, 3.63) is 74.4 Å². The van der Waals surface area contributed by atoms with Gasteiger partial charge >= 0.3 is 0 Å². The number of aromatic nitrogens is 3. The molecule has 3 aromatic rings. The van der Waals surface area contributed by atoms with E-state index in [2.05, 4.69) is 19.2 Å². The number of hydrogen-bond donors (Lipinski definition) is 1. The second kappa shape index (κ2) is 7.37. The standard InChI is InChI=1S/C23H19Cl3N4O/c1-23(2)10-16-18(17(31)11-23)20(13-7-5-9-15(25)19(13)26)30-22(27-16)28-21(29-30)12-6-3-4-8-14(12)24/h3-9,20H,10-11H2,1-2H3,(H,27,28,29). The number of anilines is 1. The van der Waals surface area contributed by atoms with Gasteiger partial charge in [-0.15, -0.1) is 5.10 Å². The van der Waals surface area contributed by atoms with Crippen molar-refractivity contribution < 1.29 is 4.79 Å². The molecule has 1 aliphatic heterocycles. The van der Waals surface area contributed by atoms with E-state index in [1.165, 1.54) is 0 Å². The SMILES string of the molecule is CC1(C)CC(=O)C2=C(C1)Nc1nc(-c3ccccc3Cl)nn1C2c1cccc(Cl)c1Cl. The Morgan fingerprint density at radius 1 is 1.03 bits per heavy atom. The van der Waals surface area contributed by atoms with Crippen molar-refractivity contribution in [2.24, 2.45) is 5.41 Å². The maximum Gasteiger partial charge on any atom is 0.226 e. The molecule has 5 rings (SSSR count). The van der Waals surface area contributed by atoms with Gasteiger partial charge < -0.3 is 5.32 Å². The molecule has 0 spiro atoms. The Balaban J connectivity index is 1.74. The minimum absolute atomic E-state index is 0.0697. The van der Waals surface area contributed by atoms with Crippen molar-refractivity contribution in [2.75, 3.05) is 5.32 Å². The molecule has 0 fully saturated rings. The Bertz CT molecular complexity index is 1260. The Labute approximate surface area is 195 Å². The van der Waals surface area contributed by atoms with E-state index in [4.69, 9.17) is 44.9 Å². The molecule has 0 saturated heterocycles. The lowest BCUT2D eigenvalue weighted by Gasteiger charge is -2.38. The van der Waals surface area contributed by atoms with Crippen LogP contribution in [0.1, 0.15) is 38.3 Å². The highest BCUT2D eigenvalue weighted by Crippen LogP contribution is 2.47. The van der Waals surface area contributed by atoms with E-state index in [-0.39, 0.29) is 11.2 Å². The number of ketones is 1. The van der Waals surface area contributed by atoms with Crippen LogP contribution in [0.3, 0.4) is 0 Å². The molecule has 2 heterocycles. The second-order valence-electron chi connectivity index (χ2n) is 8.69. The largest absolute Gasteiger partial charge is 0.328 e. The number of benzene rings is 2. The van der Waals surface area contributed by atoms with E-state index >= 15 is 0 Å². The van der Waals surface area contributed by atoms with Crippen LogP contribution < -0.4 is 5.32 Å². The summed E-state index contributed by atoms with van der Waals surface area (Å²) in [6.45, 7) is 4.18. The summed E-state index contributed by atoms with van der Waals surface area (Å²) in [6, 6.07) is 12.3. The van der Waals surface area contributed by atoms with Gasteiger partial charge in [-0.2, -0.15) is 4.98 Å². The first kappa shape index (κ1) is 20.6. The van der Waals surface area contributed by atoms with Crippen LogP contribution in [0.15, 0.2) is 53.7 Å². The van der Waals surface area contributed by atoms with Crippen LogP contribution in [0.2, 0.25) is 15.1 Å². The number of nitrogens with one attached hydrogen (secondary N) is 1. The molecular formula is C23H19Cl3N4O. The van der Waals surface area contributed by atoms with E-state index < -0.39 is 6.04 Å². The number of allylic oxidation sites excluding steroid dienone is 2. The molecule has 5 nitrogen and oxygen atoms in total. The van der Waals surface area contributed by atoms with Crippen LogP contribution in [0.5, 0.6) is 0 Å². The van der Waals surface area contributed by atoms with Gasteiger partial charge in [0.05, 0.1) is 15.1 Å². The van der Waals surface area contributed by atoms with E-state index in [0.717, 1.165) is 12.1 Å². The van der Waals surface area contributed by atoms with Crippen LogP contribution >= 0.6 is 34.8 Å². The van der Waals surface area contributed by atoms with Crippen molar-refractivity contribution >= 4 is 46.5 Å². The second-order valence-corrected chi connectivity index (χ2v) is 9.88. The molecule has 1 aliphatic carbocycles. The molecule has 2 aromatic carbocycles. The fraction of sp³-hybridized carbons (Fsp3) is 0.261. The molecule has 1 unspecified atom stereocenters. The number of rotatable bonds is 2. The summed E-state index contributed by atoms with van der Waals surface area (Å²) in [6.07, 6.45) is 1.17. The van der Waals surface area contributed by atoms with Crippen molar-refractivity contribution in [1.82, 2.24) is 14.8 Å². The van der Waals surface area contributed by atoms with Gasteiger partial charge in [0, 0.05) is 28.8 Å². The number of nitrogens with zero attached hydrogens (tertiary/aromatic N) is 3. The number of fused-ring (bicyclic) bond motifs is 1. The topological polar surface area (TPSA) is 59.8 Å². The summed E-state index contributed by atoms with van der Waals surface area (Å²) in [5, 5.41) is 9.48. The number of carbonyl (C=O) groups is 1. The highest BCUT2D eigenvalue weighted by atomic mass is 35.5. The number of halogens is 3. The van der Waals surface area contributed by atoms with Crippen molar-refractivity contribution in [3.63, 3.8) is 0 Å². The molecule has 2 aliphatic rings. The molecule has 0 radical (unpaired) electrons. The third-order valence-electron chi connectivity index (χ3n) is 5.72. The average Bonchev–Trinajstić information content (AvgIpc) is 3.11. The summed E-state index contributed by atoms with van der Waals surface area (Å²) in [4.78, 5) is 18.0. The number of carbonyl (C=O) groups excluding carboxylic acids is 1. The Morgan fingerprint density at radius 2 is 1.77 bits per heavy atom. The minimum atomic E-state index is -0.523. The van der Waals surface area contributed by atoms with Crippen LogP contribution in [-0.4, -0.2) is 20.5 Å². The summed E-state index contributed by atoms with van der Waals surface area (Å²) in [7, 11) is 0. The summed E-state index contributed by atoms with van der Waals surface area (Å²) in [5.74, 6) is 1.09. The van der Waals surface area contributed by atoms with E-state index in [0.29, 0.717) is 50.0 Å². The van der Waals surface area contributed by atoms with Gasteiger partial charge in [-0.3, -0.25) is 4.79 Å². The molecule has 158 valence electrons. The van der Waals surface area contributed by atoms with Crippen molar-refractivity contribution in [1.29, 1.82) is 0 Å². The lowest BCUT2D eigenvalue weighted by molar-refractivity contribution is -0.118. The van der Waals surface area contributed by atoms with Gasteiger partial charge in [0.15, 0.2) is 11.6 Å². The molecular weight excluding hydrogens is 455 g/mol. The first-order chi connectivity index (χ1) is 14.7. The van der Waals surface area contributed by atoms with Gasteiger partial charge in [-0.05, 0) is 30.0 Å². The molecule has 1 N–H and O–H groups in total. The lowest BCUT2D eigenvalue weighted by Crippen LogP contribution is -2.36. The maximum atomic E-state index is 13.3. The third kappa shape index (κ3) is 3.45. The average molecular weight is 474 g/mol. The zero-order valence-corrected chi connectivity index (χ0v) is 19.2. The van der Waals surface area contributed by atoms with Crippen molar-refractivity contribution in [3.8, 4) is 11.4 Å². The third-order valence-corrected chi connectivity index (χ3v) is 6.89. The fourth-order valence-corrected chi connectivity index (χ4v) is 5.02. The molecule has 31 heavy (non-hydrogen) atoms. The number of Topliss-reactive ketones (excluding diaryl/α,β-unsaturated/α-hetero) is 1. The van der Waals surface area contributed by atoms with Crippen LogP contribution in [0, 0.1) is 5.41 Å². The minimum Gasteiger partial charge on any atom is -0.328 e. The normalized spacial score (nSPS) is 19.6. The van der Waals surface area contributed by atoms with E-state index in [9.17, 15) is 4.79 Å². The monoisotopic (exact) mass is 472 g/mol. The van der Waals surface area contributed by atoms with Gasteiger partial charge in [-0.1, -0.05) is 72.9 Å². The van der Waals surface area contributed by atoms with Gasteiger partial charge in [0.25, 0.3) is 0 Å². The quantitative estimate of drug-likeness (QED) is 0.457. The van der Waals surface area contributed by atoms with Gasteiger partial charge in [0.2, 0.25) is 5.95 Å². The highest BCUT2D eigenvalue weighted by Gasteiger charge is 2.42. The van der Waals surface area contributed by atoms with Crippen LogP contribution in [-0.2, 0) is 4.79 Å². The lowest BCUT2D eigenvalue weighted by atomic mass is 9.73. The zero-order chi connectivity index (χ0) is 21.9. The van der Waals surface area contributed by atoms with Crippen LogP contribution in [0.4, 0.5) is 5.95 Å². The number of hydrogen-bond acceptors (Lipinski definition) is 4. The maximum absolute atomic E-state index is 13.3. The Morgan fingerprint density at radius 3 is 2.55 bits per heavy atom. The van der Waals surface area contributed by atoms with Gasteiger partial charge in [0.1, 0.15) is 6.04 Å². The molecule has 0 bridgehead atoms. The first-order valence-electron chi connectivity index (χ1n) is 9.94. The molecule has 1 atom stereocenters. The fourth-order valence-electron chi connectivity index (χ4n) is 4.38. The Kier molecular flexibility index (Phi) is 4.88. The molecule has 8 heteroatoms. The summed E-state index contributed by atoms with van der Waals surface area (Å²) < 4.78 is 1.71. The Hall–Kier alpha value is -2.34. The van der Waals surface area contributed by atoms with Crippen molar-refractivity contribution in [2.45, 2.75) is 32.7 Å². The smallest absolute Gasteiger partial charge is 0.226 e. The summed E-state index contributed by atoms with van der Waals surface area (Å²) >= 11 is 19.3. The first-order valence-corrected chi connectivity index (χ1v) is 11.1. The molecule has 1 aromatic heterocycles. The van der Waals surface area contributed by atoms with E-state index in [1.807, 2.05) is 30.3 Å². The highest BCUT2D eigenvalue weighted by molar-refractivity contribution is 6.42. The molecule has 0 saturated carbocycles. The predicted molar refractivity (Wildman–Crippen MR) is 124 cm³/mol.